The van der Waals surface area contributed by atoms with E-state index < -0.39 is 10.0 Å². The van der Waals surface area contributed by atoms with Gasteiger partial charge in [0.05, 0.1) is 25.2 Å². The summed E-state index contributed by atoms with van der Waals surface area (Å²) in [7, 11) is -2.35. The average Bonchev–Trinajstić information content (AvgIpc) is 3.07. The Morgan fingerprint density at radius 2 is 2.08 bits per heavy atom. The van der Waals surface area contributed by atoms with Gasteiger partial charge in [0.25, 0.3) is 10.0 Å². The van der Waals surface area contributed by atoms with Crippen LogP contribution in [0.25, 0.3) is 5.82 Å². The van der Waals surface area contributed by atoms with Crippen LogP contribution in [0.1, 0.15) is 5.56 Å². The number of halogens is 1. The molecule has 3 heterocycles. The van der Waals surface area contributed by atoms with Crippen LogP contribution in [-0.4, -0.2) is 35.3 Å². The third kappa shape index (κ3) is 3.80. The number of methoxy groups -OCH3 is 1. The summed E-state index contributed by atoms with van der Waals surface area (Å²) in [6.45, 7) is 1.92. The first-order valence-corrected chi connectivity index (χ1v) is 9.38. The minimum Gasteiger partial charge on any atom is -0.481 e. The Bertz CT molecular complexity index is 1020. The molecule has 0 atom stereocenters. The Morgan fingerprint density at radius 3 is 2.76 bits per heavy atom. The molecule has 3 rings (SSSR count). The van der Waals surface area contributed by atoms with Crippen LogP contribution in [-0.2, 0) is 10.0 Å². The maximum absolute atomic E-state index is 12.6. The van der Waals surface area contributed by atoms with E-state index in [4.69, 9.17) is 4.74 Å². The zero-order valence-corrected chi connectivity index (χ0v) is 15.7. The molecule has 3 aromatic rings. The molecule has 0 radical (unpaired) electrons. The Kier molecular flexibility index (Phi) is 4.73. The highest BCUT2D eigenvalue weighted by Gasteiger charge is 2.19. The summed E-state index contributed by atoms with van der Waals surface area (Å²) in [5.41, 5.74) is 1.29. The summed E-state index contributed by atoms with van der Waals surface area (Å²) < 4.78 is 34.3. The quantitative estimate of drug-likeness (QED) is 0.632. The second-order valence-corrected chi connectivity index (χ2v) is 7.54. The minimum atomic E-state index is -3.82. The number of pyridine rings is 2. The van der Waals surface area contributed by atoms with Crippen LogP contribution in [0.2, 0.25) is 0 Å². The highest BCUT2D eigenvalue weighted by Crippen LogP contribution is 2.25. The Labute approximate surface area is 153 Å². The van der Waals surface area contributed by atoms with Gasteiger partial charge in [0.15, 0.2) is 5.82 Å². The number of anilines is 1. The summed E-state index contributed by atoms with van der Waals surface area (Å²) >= 11 is 3.21. The number of ether oxygens (including phenoxy) is 1. The van der Waals surface area contributed by atoms with Gasteiger partial charge < -0.3 is 4.74 Å². The van der Waals surface area contributed by atoms with E-state index in [1.54, 1.807) is 24.4 Å². The molecule has 0 aliphatic rings. The van der Waals surface area contributed by atoms with Crippen molar-refractivity contribution in [3.63, 3.8) is 0 Å². The van der Waals surface area contributed by atoms with Crippen molar-refractivity contribution in [2.75, 3.05) is 11.8 Å². The van der Waals surface area contributed by atoms with Gasteiger partial charge in [0.2, 0.25) is 5.88 Å². The molecular weight excluding hydrogens is 410 g/mol. The highest BCUT2D eigenvalue weighted by molar-refractivity contribution is 9.10. The van der Waals surface area contributed by atoms with Crippen LogP contribution in [0.5, 0.6) is 5.88 Å². The number of nitrogens with zero attached hydrogens (tertiary/aromatic N) is 4. The van der Waals surface area contributed by atoms with Gasteiger partial charge in [-0.1, -0.05) is 0 Å². The predicted octanol–water partition coefficient (Wildman–Crippen LogP) is 2.54. The fourth-order valence-corrected chi connectivity index (χ4v) is 3.56. The molecule has 0 aliphatic heterocycles. The molecule has 0 spiro atoms. The first-order chi connectivity index (χ1) is 11.9. The number of hydrogen-bond acceptors (Lipinski definition) is 6. The lowest BCUT2D eigenvalue weighted by Gasteiger charge is -2.08. The highest BCUT2D eigenvalue weighted by atomic mass is 79.9. The van der Waals surface area contributed by atoms with Crippen molar-refractivity contribution in [2.24, 2.45) is 0 Å². The van der Waals surface area contributed by atoms with E-state index in [0.29, 0.717) is 22.0 Å². The number of hydrogen-bond donors (Lipinski definition) is 1. The molecule has 0 saturated carbocycles. The smallest absolute Gasteiger partial charge is 0.265 e. The molecule has 0 aromatic carbocycles. The van der Waals surface area contributed by atoms with Crippen LogP contribution >= 0.6 is 15.9 Å². The maximum Gasteiger partial charge on any atom is 0.265 e. The summed E-state index contributed by atoms with van der Waals surface area (Å²) in [6, 6.07) is 6.77. The molecule has 0 aliphatic carbocycles. The molecular formula is C15H14BrN5O3S. The number of aromatic nitrogens is 4. The zero-order chi connectivity index (χ0) is 18.0. The molecule has 0 bridgehead atoms. The number of nitrogens with one attached hydrogen (secondary N) is 1. The maximum atomic E-state index is 12.6. The van der Waals surface area contributed by atoms with E-state index >= 15 is 0 Å². The number of aryl methyl sites for hydroxylation is 1. The summed E-state index contributed by atoms with van der Waals surface area (Å²) in [5.74, 6) is 0.905. The lowest BCUT2D eigenvalue weighted by molar-refractivity contribution is 0.397. The van der Waals surface area contributed by atoms with Gasteiger partial charge in [0.1, 0.15) is 9.50 Å². The summed E-state index contributed by atoms with van der Waals surface area (Å²) in [5, 5.41) is 4.07. The molecule has 10 heteroatoms. The van der Waals surface area contributed by atoms with Crippen molar-refractivity contribution < 1.29 is 13.2 Å². The van der Waals surface area contributed by atoms with Crippen molar-refractivity contribution >= 4 is 31.6 Å². The fraction of sp³-hybridized carbons (Fsp3) is 0.133. The molecule has 8 nitrogen and oxygen atoms in total. The molecule has 3 aromatic heterocycles. The molecule has 0 fully saturated rings. The van der Waals surface area contributed by atoms with Gasteiger partial charge in [-0.2, -0.15) is 5.10 Å². The van der Waals surface area contributed by atoms with Crippen molar-refractivity contribution in [2.45, 2.75) is 11.8 Å². The molecule has 130 valence electrons. The van der Waals surface area contributed by atoms with Crippen LogP contribution in [0.3, 0.4) is 0 Å². The Balaban J connectivity index is 1.88. The minimum absolute atomic E-state index is 0.0125. The lowest BCUT2D eigenvalue weighted by Crippen LogP contribution is -2.13. The first kappa shape index (κ1) is 17.4. The fourth-order valence-electron chi connectivity index (χ4n) is 2.03. The topological polar surface area (TPSA) is 99.0 Å². The van der Waals surface area contributed by atoms with Crippen molar-refractivity contribution in [1.29, 1.82) is 0 Å². The van der Waals surface area contributed by atoms with Crippen molar-refractivity contribution in [1.82, 2.24) is 19.7 Å². The van der Waals surface area contributed by atoms with Gasteiger partial charge >= 0.3 is 0 Å². The lowest BCUT2D eigenvalue weighted by atomic mass is 10.3. The van der Waals surface area contributed by atoms with E-state index in [1.165, 1.54) is 24.2 Å². The van der Waals surface area contributed by atoms with Crippen LogP contribution in [0.4, 0.5) is 5.69 Å². The van der Waals surface area contributed by atoms with Gasteiger partial charge in [-0.3, -0.25) is 4.72 Å². The van der Waals surface area contributed by atoms with E-state index in [-0.39, 0.29) is 4.90 Å². The number of rotatable bonds is 5. The Morgan fingerprint density at radius 1 is 1.28 bits per heavy atom. The average molecular weight is 424 g/mol. The van der Waals surface area contributed by atoms with Gasteiger partial charge in [-0.05, 0) is 46.6 Å². The van der Waals surface area contributed by atoms with Crippen LogP contribution in [0, 0.1) is 6.92 Å². The number of sulfonamides is 1. The monoisotopic (exact) mass is 423 g/mol. The molecule has 1 N–H and O–H groups in total. The molecule has 0 unspecified atom stereocenters. The first-order valence-electron chi connectivity index (χ1n) is 7.10. The third-order valence-corrected chi connectivity index (χ3v) is 5.21. The second-order valence-electron chi connectivity index (χ2n) is 5.11. The largest absolute Gasteiger partial charge is 0.481 e. The summed E-state index contributed by atoms with van der Waals surface area (Å²) in [4.78, 5) is 8.26. The van der Waals surface area contributed by atoms with Gasteiger partial charge in [0, 0.05) is 12.3 Å². The SMILES string of the molecule is COc1ccc(NS(=O)(=O)c2cnn(-c3cc(C)ccn3)c2)c(Br)n1. The zero-order valence-electron chi connectivity index (χ0n) is 13.3. The standard InChI is InChI=1S/C15H14BrN5O3S/c1-10-5-6-17-13(7-10)21-9-11(8-18-21)25(22,23)20-12-3-4-14(24-2)19-15(12)16/h3-9,20H,1-2H3. The second kappa shape index (κ2) is 6.81. The van der Waals surface area contributed by atoms with Gasteiger partial charge in [-0.15, -0.1) is 0 Å². The van der Waals surface area contributed by atoms with E-state index in [0.717, 1.165) is 5.56 Å². The molecule has 0 amide bonds. The molecule has 25 heavy (non-hydrogen) atoms. The third-order valence-electron chi connectivity index (χ3n) is 3.28. The Hall–Kier alpha value is -2.46. The predicted molar refractivity (Wildman–Crippen MR) is 95.4 cm³/mol. The van der Waals surface area contributed by atoms with Crippen molar-refractivity contribution in [3.05, 3.63) is 53.0 Å². The van der Waals surface area contributed by atoms with E-state index in [9.17, 15) is 8.42 Å². The van der Waals surface area contributed by atoms with Crippen LogP contribution in [0.15, 0.2) is 52.4 Å². The van der Waals surface area contributed by atoms with E-state index in [1.807, 2.05) is 13.0 Å². The van der Waals surface area contributed by atoms with Gasteiger partial charge in [-0.25, -0.2) is 23.1 Å². The van der Waals surface area contributed by atoms with Crippen molar-refractivity contribution in [3.8, 4) is 11.7 Å². The normalized spacial score (nSPS) is 11.3. The van der Waals surface area contributed by atoms with E-state index in [2.05, 4.69) is 35.7 Å². The summed E-state index contributed by atoms with van der Waals surface area (Å²) in [6.07, 6.45) is 4.30. The molecule has 0 saturated heterocycles. The van der Waals surface area contributed by atoms with Crippen LogP contribution < -0.4 is 9.46 Å².